The number of aliphatic hydroxyl groups excluding tert-OH is 1. The minimum absolute atomic E-state index is 0.0581. The Morgan fingerprint density at radius 3 is 2.75 bits per heavy atom. The number of likely N-dealkylation sites (N-methyl/N-ethyl adjacent to an activating group) is 1. The van der Waals surface area contributed by atoms with Gasteiger partial charge in [0.1, 0.15) is 0 Å². The number of hydrogen-bond donors (Lipinski definition) is 2. The van der Waals surface area contributed by atoms with E-state index in [1.165, 1.54) is 11.1 Å². The molecule has 0 aromatic heterocycles. The van der Waals surface area contributed by atoms with Crippen LogP contribution >= 0.6 is 0 Å². The Bertz CT molecular complexity index is 503. The third-order valence-electron chi connectivity index (χ3n) is 4.69. The maximum absolute atomic E-state index is 12.6. The summed E-state index contributed by atoms with van der Waals surface area (Å²) in [7, 11) is 1.82. The maximum atomic E-state index is 12.6. The van der Waals surface area contributed by atoms with Crippen LogP contribution in [0.25, 0.3) is 0 Å². The molecule has 1 unspecified atom stereocenters. The van der Waals surface area contributed by atoms with Gasteiger partial charge < -0.3 is 15.3 Å². The van der Waals surface area contributed by atoms with E-state index in [4.69, 9.17) is 0 Å². The van der Waals surface area contributed by atoms with Gasteiger partial charge >= 0.3 is 0 Å². The van der Waals surface area contributed by atoms with Crippen LogP contribution in [-0.2, 0) is 17.6 Å². The maximum Gasteiger partial charge on any atom is 0.226 e. The third kappa shape index (κ3) is 2.45. The molecule has 108 valence electrons. The Labute approximate surface area is 119 Å². The number of hydrogen-bond acceptors (Lipinski definition) is 3. The molecule has 1 heterocycles. The third-order valence-corrected chi connectivity index (χ3v) is 4.69. The van der Waals surface area contributed by atoms with E-state index in [1.807, 2.05) is 13.1 Å². The molecule has 1 fully saturated rings. The zero-order valence-electron chi connectivity index (χ0n) is 11.9. The van der Waals surface area contributed by atoms with Gasteiger partial charge in [0.25, 0.3) is 0 Å². The molecule has 1 aliphatic carbocycles. The van der Waals surface area contributed by atoms with E-state index in [0.717, 1.165) is 19.3 Å². The Kier molecular flexibility index (Phi) is 3.76. The topological polar surface area (TPSA) is 52.6 Å². The Morgan fingerprint density at radius 1 is 1.30 bits per heavy atom. The highest BCUT2D eigenvalue weighted by Gasteiger charge is 2.35. The zero-order valence-corrected chi connectivity index (χ0v) is 11.9. The van der Waals surface area contributed by atoms with Gasteiger partial charge in [-0.2, -0.15) is 0 Å². The van der Waals surface area contributed by atoms with E-state index in [2.05, 4.69) is 23.5 Å². The van der Waals surface area contributed by atoms with Gasteiger partial charge in [-0.1, -0.05) is 24.3 Å². The summed E-state index contributed by atoms with van der Waals surface area (Å²) >= 11 is 0. The number of nitrogens with zero attached hydrogens (tertiary/aromatic N) is 1. The van der Waals surface area contributed by atoms with Crippen LogP contribution in [0.3, 0.4) is 0 Å². The van der Waals surface area contributed by atoms with Crippen molar-refractivity contribution in [3.05, 3.63) is 35.4 Å². The Balaban J connectivity index is 1.69. The Hall–Kier alpha value is -1.39. The molecular formula is C16H22N2O2. The lowest BCUT2D eigenvalue weighted by molar-refractivity contribution is -0.138. The fourth-order valence-corrected chi connectivity index (χ4v) is 3.41. The van der Waals surface area contributed by atoms with Gasteiger partial charge in [0.2, 0.25) is 5.91 Å². The number of carbonyl (C=O) groups is 1. The number of amides is 1. The molecule has 1 aliphatic heterocycles. The van der Waals surface area contributed by atoms with Gasteiger partial charge in [-0.05, 0) is 30.4 Å². The summed E-state index contributed by atoms with van der Waals surface area (Å²) in [4.78, 5) is 14.4. The van der Waals surface area contributed by atoms with E-state index in [1.54, 1.807) is 4.90 Å². The van der Waals surface area contributed by atoms with Crippen molar-refractivity contribution in [1.29, 1.82) is 0 Å². The summed E-state index contributed by atoms with van der Waals surface area (Å²) in [5, 5.41) is 13.0. The van der Waals surface area contributed by atoms with E-state index >= 15 is 0 Å². The van der Waals surface area contributed by atoms with Crippen molar-refractivity contribution in [2.45, 2.75) is 31.4 Å². The number of β-amino-alcohol motifs (C(OH)–C–C–N with tert-alkyl or cyclic N) is 1. The molecule has 0 bridgehead atoms. The highest BCUT2D eigenvalue weighted by Crippen LogP contribution is 2.27. The normalized spacial score (nSPS) is 29.0. The number of benzene rings is 1. The minimum atomic E-state index is -0.445. The fraction of sp³-hybridized carbons (Fsp3) is 0.562. The smallest absolute Gasteiger partial charge is 0.226 e. The van der Waals surface area contributed by atoms with Crippen molar-refractivity contribution < 1.29 is 9.90 Å². The number of aryl methyl sites for hydroxylation is 1. The first-order valence-electron chi connectivity index (χ1n) is 7.39. The largest absolute Gasteiger partial charge is 0.390 e. The van der Waals surface area contributed by atoms with E-state index < -0.39 is 6.10 Å². The van der Waals surface area contributed by atoms with Crippen LogP contribution in [0.5, 0.6) is 0 Å². The average Bonchev–Trinajstić information content (AvgIpc) is 2.91. The predicted molar refractivity (Wildman–Crippen MR) is 77.4 cm³/mol. The van der Waals surface area contributed by atoms with Gasteiger partial charge in [0.05, 0.1) is 12.1 Å². The van der Waals surface area contributed by atoms with Gasteiger partial charge in [0, 0.05) is 26.1 Å². The molecule has 3 rings (SSSR count). The number of carbonyl (C=O) groups excluding carboxylic acids is 1. The monoisotopic (exact) mass is 274 g/mol. The minimum Gasteiger partial charge on any atom is -0.390 e. The highest BCUT2D eigenvalue weighted by atomic mass is 16.3. The van der Waals surface area contributed by atoms with Gasteiger partial charge in [-0.3, -0.25) is 4.79 Å². The fourth-order valence-electron chi connectivity index (χ4n) is 3.41. The van der Waals surface area contributed by atoms with Crippen LogP contribution in [0.1, 0.15) is 17.5 Å². The van der Waals surface area contributed by atoms with Crippen molar-refractivity contribution in [2.75, 3.05) is 20.1 Å². The molecule has 3 atom stereocenters. The van der Waals surface area contributed by atoms with E-state index in [9.17, 15) is 9.90 Å². The number of nitrogens with one attached hydrogen (secondary N) is 1. The molecule has 4 nitrogen and oxygen atoms in total. The molecule has 20 heavy (non-hydrogen) atoms. The first-order valence-corrected chi connectivity index (χ1v) is 7.39. The van der Waals surface area contributed by atoms with Crippen LogP contribution in [0.2, 0.25) is 0 Å². The van der Waals surface area contributed by atoms with Crippen LogP contribution in [-0.4, -0.2) is 48.2 Å². The van der Waals surface area contributed by atoms with Crippen molar-refractivity contribution in [2.24, 2.45) is 5.92 Å². The first-order chi connectivity index (χ1) is 9.66. The average molecular weight is 274 g/mol. The molecule has 2 aliphatic rings. The molecule has 0 saturated carbocycles. The van der Waals surface area contributed by atoms with Crippen molar-refractivity contribution in [3.8, 4) is 0 Å². The second-order valence-corrected chi connectivity index (χ2v) is 5.95. The lowest BCUT2D eigenvalue weighted by Crippen LogP contribution is -2.47. The predicted octanol–water partition coefficient (Wildman–Crippen LogP) is 0.583. The van der Waals surface area contributed by atoms with Crippen molar-refractivity contribution in [1.82, 2.24) is 10.2 Å². The quantitative estimate of drug-likeness (QED) is 0.829. The van der Waals surface area contributed by atoms with Crippen molar-refractivity contribution in [3.63, 3.8) is 0 Å². The number of rotatable bonds is 2. The lowest BCUT2D eigenvalue weighted by atomic mass is 9.83. The summed E-state index contributed by atoms with van der Waals surface area (Å²) in [6.07, 6.45) is 2.28. The summed E-state index contributed by atoms with van der Waals surface area (Å²) < 4.78 is 0. The SMILES string of the molecule is CN(C(=O)C1CCc2ccccc2C1)[C@H]1CNC[C@@H]1O. The second kappa shape index (κ2) is 5.54. The second-order valence-electron chi connectivity index (χ2n) is 5.95. The lowest BCUT2D eigenvalue weighted by Gasteiger charge is -2.32. The van der Waals surface area contributed by atoms with Gasteiger partial charge in [0.15, 0.2) is 0 Å². The van der Waals surface area contributed by atoms with Crippen LogP contribution < -0.4 is 5.32 Å². The van der Waals surface area contributed by atoms with Gasteiger partial charge in [-0.25, -0.2) is 0 Å². The molecule has 0 spiro atoms. The molecule has 1 amide bonds. The molecule has 1 aromatic carbocycles. The van der Waals surface area contributed by atoms with Crippen molar-refractivity contribution >= 4 is 5.91 Å². The van der Waals surface area contributed by atoms with E-state index in [-0.39, 0.29) is 17.9 Å². The van der Waals surface area contributed by atoms with Crippen LogP contribution in [0.15, 0.2) is 24.3 Å². The molecule has 2 N–H and O–H groups in total. The highest BCUT2D eigenvalue weighted by molar-refractivity contribution is 5.79. The summed E-state index contributed by atoms with van der Waals surface area (Å²) in [6.45, 7) is 1.27. The number of fused-ring (bicyclic) bond motifs is 1. The molecule has 4 heteroatoms. The zero-order chi connectivity index (χ0) is 14.1. The van der Waals surface area contributed by atoms with Crippen LogP contribution in [0, 0.1) is 5.92 Å². The molecule has 1 aromatic rings. The standard InChI is InChI=1S/C16H22N2O2/c1-18(14-9-17-10-15(14)19)16(20)13-7-6-11-4-2-3-5-12(11)8-13/h2-5,13-15,17,19H,6-10H2,1H3/t13?,14-,15-/m0/s1. The first kappa shape index (κ1) is 13.6. The molecule has 0 radical (unpaired) electrons. The summed E-state index contributed by atoms with van der Waals surface area (Å²) in [5.41, 5.74) is 2.68. The van der Waals surface area contributed by atoms with Crippen LogP contribution in [0.4, 0.5) is 0 Å². The van der Waals surface area contributed by atoms with Gasteiger partial charge in [-0.15, -0.1) is 0 Å². The Morgan fingerprint density at radius 2 is 2.05 bits per heavy atom. The molecular weight excluding hydrogens is 252 g/mol. The summed E-state index contributed by atoms with van der Waals surface area (Å²) in [5.74, 6) is 0.231. The van der Waals surface area contributed by atoms with E-state index in [0.29, 0.717) is 13.1 Å². The summed E-state index contributed by atoms with van der Waals surface area (Å²) in [6, 6.07) is 8.30. The number of aliphatic hydroxyl groups is 1. The molecule has 1 saturated heterocycles.